The van der Waals surface area contributed by atoms with Crippen LogP contribution in [-0.2, 0) is 0 Å². The molecule has 3 nitrogen and oxygen atoms in total. The van der Waals surface area contributed by atoms with Crippen molar-refractivity contribution >= 4 is 0 Å². The van der Waals surface area contributed by atoms with Gasteiger partial charge < -0.3 is 0 Å². The lowest BCUT2D eigenvalue weighted by molar-refractivity contribution is 0.991. The van der Waals surface area contributed by atoms with E-state index >= 15 is 0 Å². The second-order valence-electron chi connectivity index (χ2n) is 2.58. The molecule has 0 saturated carbocycles. The van der Waals surface area contributed by atoms with Crippen molar-refractivity contribution in [1.29, 1.82) is 0 Å². The van der Waals surface area contributed by atoms with Gasteiger partial charge >= 0.3 is 0 Å². The minimum atomic E-state index is -0.330. The van der Waals surface area contributed by atoms with Crippen molar-refractivity contribution in [2.75, 3.05) is 0 Å². The summed E-state index contributed by atoms with van der Waals surface area (Å²) in [5, 5.41) is 5.86. The van der Waals surface area contributed by atoms with Crippen molar-refractivity contribution in [3.63, 3.8) is 0 Å². The molecule has 0 aliphatic carbocycles. The molecule has 0 amide bonds. The zero-order valence-corrected chi connectivity index (χ0v) is 6.82. The molecule has 1 aromatic heterocycles. The highest BCUT2D eigenvalue weighted by atomic mass is 16.1. The molecule has 2 rings (SSSR count). The number of nitrogens with one attached hydrogen (secondary N) is 1. The third kappa shape index (κ3) is 1.49. The van der Waals surface area contributed by atoms with Crippen molar-refractivity contribution in [3.8, 4) is 11.1 Å². The third-order valence-corrected chi connectivity index (χ3v) is 1.73. The Morgan fingerprint density at radius 1 is 1.31 bits per heavy atom. The minimum absolute atomic E-state index is 0.139. The molecule has 13 heavy (non-hydrogen) atoms. The second-order valence-corrected chi connectivity index (χ2v) is 2.58. The molecule has 2 aromatic rings. The van der Waals surface area contributed by atoms with Gasteiger partial charge in [-0.2, -0.15) is 5.10 Å². The van der Waals surface area contributed by atoms with E-state index in [9.17, 15) is 4.79 Å². The minimum Gasteiger partial charge on any atom is -0.267 e. The fourth-order valence-electron chi connectivity index (χ4n) is 1.13. The highest BCUT2D eigenvalue weighted by molar-refractivity contribution is 5.61. The summed E-state index contributed by atoms with van der Waals surface area (Å²) < 4.78 is 7.57. The third-order valence-electron chi connectivity index (χ3n) is 1.73. The molecule has 0 fully saturated rings. The summed E-state index contributed by atoms with van der Waals surface area (Å²) in [6.07, 6.45) is 1.32. The highest BCUT2D eigenvalue weighted by Crippen LogP contribution is 2.12. The van der Waals surface area contributed by atoms with Gasteiger partial charge in [-0.15, -0.1) is 0 Å². The molecule has 1 aromatic carbocycles. The number of nitrogens with zero attached hydrogens (tertiary/aromatic N) is 1. The Bertz CT molecular complexity index is 493. The standard InChI is InChI=1S/C10H8N2O/c13-10-9(6-7-11-12-10)8-4-2-1-3-5-8/h1-7H,(H,12,13)/i6D. The van der Waals surface area contributed by atoms with E-state index in [-0.39, 0.29) is 11.6 Å². The lowest BCUT2D eigenvalue weighted by atomic mass is 10.1. The molecule has 3 heteroatoms. The molecule has 0 spiro atoms. The first-order chi connectivity index (χ1) is 6.79. The van der Waals surface area contributed by atoms with Crippen LogP contribution in [0.1, 0.15) is 1.37 Å². The van der Waals surface area contributed by atoms with Crippen LogP contribution in [-0.4, -0.2) is 10.2 Å². The van der Waals surface area contributed by atoms with Crippen LogP contribution in [0.4, 0.5) is 0 Å². The van der Waals surface area contributed by atoms with Gasteiger partial charge in [0.25, 0.3) is 5.56 Å². The van der Waals surface area contributed by atoms with E-state index in [0.29, 0.717) is 5.56 Å². The molecule has 0 unspecified atom stereocenters. The summed E-state index contributed by atoms with van der Waals surface area (Å²) in [5.41, 5.74) is 0.769. The van der Waals surface area contributed by atoms with E-state index in [1.807, 2.05) is 18.2 Å². The molecular formula is C10H8N2O. The van der Waals surface area contributed by atoms with Crippen molar-refractivity contribution in [2.45, 2.75) is 0 Å². The van der Waals surface area contributed by atoms with E-state index in [0.717, 1.165) is 5.56 Å². The second kappa shape index (κ2) is 3.23. The van der Waals surface area contributed by atoms with Crippen LogP contribution < -0.4 is 5.56 Å². The highest BCUT2D eigenvalue weighted by Gasteiger charge is 1.99. The van der Waals surface area contributed by atoms with Crippen molar-refractivity contribution in [3.05, 3.63) is 52.9 Å². The first-order valence-corrected chi connectivity index (χ1v) is 3.89. The average molecular weight is 173 g/mol. The number of benzene rings is 1. The number of hydrogen-bond acceptors (Lipinski definition) is 2. The Kier molecular flexibility index (Phi) is 1.64. The molecule has 0 aliphatic heterocycles. The van der Waals surface area contributed by atoms with Crippen molar-refractivity contribution in [1.82, 2.24) is 10.2 Å². The molecule has 0 atom stereocenters. The number of aromatic amines is 1. The molecule has 0 aliphatic rings. The fraction of sp³-hybridized carbons (Fsp3) is 0. The molecule has 0 bridgehead atoms. The van der Waals surface area contributed by atoms with Gasteiger partial charge in [0.1, 0.15) is 0 Å². The van der Waals surface area contributed by atoms with Crippen molar-refractivity contribution < 1.29 is 1.37 Å². The Hall–Kier alpha value is -1.90. The van der Waals surface area contributed by atoms with Crippen LogP contribution in [0.2, 0.25) is 0 Å². The molecule has 64 valence electrons. The quantitative estimate of drug-likeness (QED) is 0.709. The number of aromatic nitrogens is 2. The van der Waals surface area contributed by atoms with Gasteiger partial charge in [0.05, 0.1) is 1.37 Å². The Labute approximate surface area is 76.5 Å². The summed E-state index contributed by atoms with van der Waals surface area (Å²) in [7, 11) is 0. The SMILES string of the molecule is [2H]c1cn[nH]c(=O)c1-c1ccccc1. The first-order valence-electron chi connectivity index (χ1n) is 4.39. The first kappa shape index (κ1) is 6.60. The van der Waals surface area contributed by atoms with Crippen LogP contribution in [0.5, 0.6) is 0 Å². The summed E-state index contributed by atoms with van der Waals surface area (Å²) in [6.45, 7) is 0. The average Bonchev–Trinajstić information content (AvgIpc) is 2.19. The smallest absolute Gasteiger partial charge is 0.267 e. The number of rotatable bonds is 1. The predicted molar refractivity (Wildman–Crippen MR) is 50.3 cm³/mol. The lowest BCUT2D eigenvalue weighted by Crippen LogP contribution is -2.09. The van der Waals surface area contributed by atoms with Crippen LogP contribution in [0.15, 0.2) is 47.4 Å². The van der Waals surface area contributed by atoms with Gasteiger partial charge in [-0.25, -0.2) is 5.10 Å². The van der Waals surface area contributed by atoms with Gasteiger partial charge in [0.2, 0.25) is 0 Å². The molecule has 1 N–H and O–H groups in total. The van der Waals surface area contributed by atoms with Crippen LogP contribution in [0, 0.1) is 0 Å². The van der Waals surface area contributed by atoms with Crippen LogP contribution in [0.25, 0.3) is 11.1 Å². The van der Waals surface area contributed by atoms with Crippen molar-refractivity contribution in [2.24, 2.45) is 0 Å². The summed E-state index contributed by atoms with van der Waals surface area (Å²) in [6, 6.07) is 9.25. The number of hydrogen-bond donors (Lipinski definition) is 1. The largest absolute Gasteiger partial charge is 0.272 e. The van der Waals surface area contributed by atoms with E-state index in [4.69, 9.17) is 1.37 Å². The van der Waals surface area contributed by atoms with Gasteiger partial charge in [-0.05, 0) is 11.6 Å². The zero-order valence-electron chi connectivity index (χ0n) is 7.82. The monoisotopic (exact) mass is 173 g/mol. The predicted octanol–water partition coefficient (Wildman–Crippen LogP) is 1.44. The molecular weight excluding hydrogens is 164 g/mol. The molecule has 0 saturated heterocycles. The zero-order chi connectivity index (χ0) is 9.97. The molecule has 1 heterocycles. The topological polar surface area (TPSA) is 45.8 Å². The van der Waals surface area contributed by atoms with Gasteiger partial charge in [0, 0.05) is 11.8 Å². The Balaban J connectivity index is 2.69. The normalized spacial score (nSPS) is 10.9. The fourth-order valence-corrected chi connectivity index (χ4v) is 1.13. The molecule has 0 radical (unpaired) electrons. The van der Waals surface area contributed by atoms with E-state index in [1.54, 1.807) is 12.1 Å². The lowest BCUT2D eigenvalue weighted by Gasteiger charge is -1.97. The van der Waals surface area contributed by atoms with Gasteiger partial charge in [0.15, 0.2) is 0 Å². The van der Waals surface area contributed by atoms with E-state index < -0.39 is 0 Å². The van der Waals surface area contributed by atoms with Gasteiger partial charge in [-0.3, -0.25) is 4.79 Å². The summed E-state index contributed by atoms with van der Waals surface area (Å²) in [5.74, 6) is 0. The summed E-state index contributed by atoms with van der Waals surface area (Å²) in [4.78, 5) is 11.4. The Morgan fingerprint density at radius 3 is 2.77 bits per heavy atom. The number of H-pyrrole nitrogens is 1. The maximum absolute atomic E-state index is 11.4. The van der Waals surface area contributed by atoms with E-state index in [1.165, 1.54) is 6.20 Å². The maximum Gasteiger partial charge on any atom is 0.272 e. The van der Waals surface area contributed by atoms with Crippen LogP contribution in [0.3, 0.4) is 0 Å². The maximum atomic E-state index is 11.4. The van der Waals surface area contributed by atoms with Crippen LogP contribution >= 0.6 is 0 Å². The Morgan fingerprint density at radius 2 is 2.08 bits per heavy atom. The van der Waals surface area contributed by atoms with Gasteiger partial charge in [-0.1, -0.05) is 30.3 Å². The summed E-state index contributed by atoms with van der Waals surface area (Å²) >= 11 is 0. The van der Waals surface area contributed by atoms with E-state index in [2.05, 4.69) is 10.2 Å².